The van der Waals surface area contributed by atoms with Crippen molar-refractivity contribution in [1.82, 2.24) is 10.0 Å². The summed E-state index contributed by atoms with van der Waals surface area (Å²) in [4.78, 5) is -0.751. The number of nitrogens with one attached hydrogen (secondary N) is 2. The minimum Gasteiger partial charge on any atom is -0.316 e. The zero-order valence-electron chi connectivity index (χ0n) is 10.3. The Balaban J connectivity index is 2.96. The zero-order valence-corrected chi connectivity index (χ0v) is 11.1. The van der Waals surface area contributed by atoms with Gasteiger partial charge in [0.15, 0.2) is 0 Å². The fourth-order valence-corrected chi connectivity index (χ4v) is 2.72. The molecule has 0 aliphatic rings. The number of benzene rings is 1. The Morgan fingerprint density at radius 1 is 1.16 bits per heavy atom. The minimum absolute atomic E-state index is 0.0301. The minimum atomic E-state index is -4.70. The van der Waals surface area contributed by atoms with Crippen LogP contribution in [0, 0.1) is 0 Å². The van der Waals surface area contributed by atoms with Crippen molar-refractivity contribution in [3.05, 3.63) is 29.8 Å². The SMILES string of the molecule is CCNCCNS(=O)(=O)c1ccccc1C(F)(F)F. The van der Waals surface area contributed by atoms with Crippen LogP contribution in [0.2, 0.25) is 0 Å². The van der Waals surface area contributed by atoms with Gasteiger partial charge in [-0.05, 0) is 18.7 Å². The molecule has 0 aliphatic carbocycles. The molecule has 4 nitrogen and oxygen atoms in total. The molecule has 8 heteroatoms. The smallest absolute Gasteiger partial charge is 0.316 e. The van der Waals surface area contributed by atoms with Crippen LogP contribution < -0.4 is 10.0 Å². The van der Waals surface area contributed by atoms with Crippen LogP contribution in [0.3, 0.4) is 0 Å². The first-order valence-corrected chi connectivity index (χ1v) is 7.14. The van der Waals surface area contributed by atoms with E-state index in [2.05, 4.69) is 10.0 Å². The van der Waals surface area contributed by atoms with Crippen molar-refractivity contribution in [2.75, 3.05) is 19.6 Å². The molecule has 0 bridgehead atoms. The molecule has 0 heterocycles. The van der Waals surface area contributed by atoms with Gasteiger partial charge in [0.1, 0.15) is 0 Å². The van der Waals surface area contributed by atoms with Gasteiger partial charge >= 0.3 is 6.18 Å². The van der Waals surface area contributed by atoms with Crippen molar-refractivity contribution in [1.29, 1.82) is 0 Å². The molecule has 1 aromatic rings. The lowest BCUT2D eigenvalue weighted by Crippen LogP contribution is -2.32. The maximum Gasteiger partial charge on any atom is 0.417 e. The monoisotopic (exact) mass is 296 g/mol. The molecule has 0 aliphatic heterocycles. The van der Waals surface area contributed by atoms with Gasteiger partial charge in [0.25, 0.3) is 0 Å². The van der Waals surface area contributed by atoms with Crippen LogP contribution in [0.15, 0.2) is 29.2 Å². The highest BCUT2D eigenvalue weighted by atomic mass is 32.2. The van der Waals surface area contributed by atoms with E-state index >= 15 is 0 Å². The Labute approximate surface area is 110 Å². The van der Waals surface area contributed by atoms with Crippen molar-refractivity contribution in [3.8, 4) is 0 Å². The van der Waals surface area contributed by atoms with Gasteiger partial charge in [-0.25, -0.2) is 13.1 Å². The standard InChI is InChI=1S/C11H15F3N2O2S/c1-2-15-7-8-16-19(17,18)10-6-4-3-5-9(10)11(12,13)14/h3-6,15-16H,2,7-8H2,1H3. The first-order chi connectivity index (χ1) is 8.79. The fourth-order valence-electron chi connectivity index (χ4n) is 1.46. The Morgan fingerprint density at radius 2 is 1.79 bits per heavy atom. The molecule has 0 saturated carbocycles. The molecule has 0 saturated heterocycles. The van der Waals surface area contributed by atoms with Gasteiger partial charge in [-0.15, -0.1) is 0 Å². The van der Waals surface area contributed by atoms with Gasteiger partial charge < -0.3 is 5.32 Å². The Hall–Kier alpha value is -1.12. The highest BCUT2D eigenvalue weighted by Gasteiger charge is 2.36. The van der Waals surface area contributed by atoms with E-state index < -0.39 is 26.7 Å². The van der Waals surface area contributed by atoms with Crippen LogP contribution in [0.1, 0.15) is 12.5 Å². The van der Waals surface area contributed by atoms with Crippen LogP contribution in [0.25, 0.3) is 0 Å². The van der Waals surface area contributed by atoms with Crippen LogP contribution in [-0.2, 0) is 16.2 Å². The van der Waals surface area contributed by atoms with Gasteiger partial charge in [-0.1, -0.05) is 19.1 Å². The number of halogens is 3. The second-order valence-electron chi connectivity index (χ2n) is 3.75. The quantitative estimate of drug-likeness (QED) is 0.784. The molecule has 1 rings (SSSR count). The molecule has 108 valence electrons. The highest BCUT2D eigenvalue weighted by molar-refractivity contribution is 7.89. The molecular weight excluding hydrogens is 281 g/mol. The van der Waals surface area contributed by atoms with E-state index in [1.807, 2.05) is 6.92 Å². The molecule has 0 amide bonds. The number of rotatable bonds is 6. The summed E-state index contributed by atoms with van der Waals surface area (Å²) in [6.45, 7) is 2.88. The average Bonchev–Trinajstić information content (AvgIpc) is 2.34. The first kappa shape index (κ1) is 15.9. The van der Waals surface area contributed by atoms with Crippen LogP contribution >= 0.6 is 0 Å². The van der Waals surface area contributed by atoms with E-state index in [4.69, 9.17) is 0 Å². The van der Waals surface area contributed by atoms with Crippen molar-refractivity contribution in [2.24, 2.45) is 0 Å². The maximum atomic E-state index is 12.7. The van der Waals surface area contributed by atoms with E-state index in [0.717, 1.165) is 18.2 Å². The van der Waals surface area contributed by atoms with Gasteiger partial charge in [-0.3, -0.25) is 0 Å². The molecule has 2 N–H and O–H groups in total. The summed E-state index contributed by atoms with van der Waals surface area (Å²) in [5.74, 6) is 0. The third kappa shape index (κ3) is 4.48. The Bertz CT molecular complexity index is 515. The van der Waals surface area contributed by atoms with E-state index in [-0.39, 0.29) is 6.54 Å². The molecule has 0 unspecified atom stereocenters. The van der Waals surface area contributed by atoms with E-state index in [1.165, 1.54) is 6.07 Å². The first-order valence-electron chi connectivity index (χ1n) is 5.65. The van der Waals surface area contributed by atoms with Crippen molar-refractivity contribution in [2.45, 2.75) is 18.0 Å². The lowest BCUT2D eigenvalue weighted by Gasteiger charge is -2.13. The van der Waals surface area contributed by atoms with Gasteiger partial charge in [0.05, 0.1) is 10.5 Å². The zero-order chi connectivity index (χ0) is 14.5. The normalized spacial score (nSPS) is 12.6. The molecule has 0 spiro atoms. The summed E-state index contributed by atoms with van der Waals surface area (Å²) in [5, 5.41) is 2.87. The summed E-state index contributed by atoms with van der Waals surface area (Å²) >= 11 is 0. The van der Waals surface area contributed by atoms with Gasteiger partial charge in [-0.2, -0.15) is 13.2 Å². The average molecular weight is 296 g/mol. The third-order valence-corrected chi connectivity index (χ3v) is 3.85. The van der Waals surface area contributed by atoms with Crippen molar-refractivity contribution >= 4 is 10.0 Å². The molecule has 0 aromatic heterocycles. The summed E-state index contributed by atoms with van der Waals surface area (Å²) in [5.41, 5.74) is -1.16. The summed E-state index contributed by atoms with van der Waals surface area (Å²) in [6.07, 6.45) is -4.70. The van der Waals surface area contributed by atoms with Gasteiger partial charge in [0, 0.05) is 13.1 Å². The predicted molar refractivity (Wildman–Crippen MR) is 65.2 cm³/mol. The lowest BCUT2D eigenvalue weighted by atomic mass is 10.2. The maximum absolute atomic E-state index is 12.7. The Kier molecular flexibility index (Phi) is 5.33. The van der Waals surface area contributed by atoms with Crippen LogP contribution in [0.4, 0.5) is 13.2 Å². The van der Waals surface area contributed by atoms with E-state index in [1.54, 1.807) is 0 Å². The number of likely N-dealkylation sites (N-methyl/N-ethyl adjacent to an activating group) is 1. The van der Waals surface area contributed by atoms with E-state index in [9.17, 15) is 21.6 Å². The van der Waals surface area contributed by atoms with E-state index in [0.29, 0.717) is 13.1 Å². The Morgan fingerprint density at radius 3 is 2.37 bits per heavy atom. The van der Waals surface area contributed by atoms with Crippen molar-refractivity contribution < 1.29 is 21.6 Å². The molecule has 0 atom stereocenters. The second-order valence-corrected chi connectivity index (χ2v) is 5.48. The summed E-state index contributed by atoms with van der Waals surface area (Å²) in [7, 11) is -4.16. The van der Waals surface area contributed by atoms with Crippen molar-refractivity contribution in [3.63, 3.8) is 0 Å². The number of hydrogen-bond donors (Lipinski definition) is 2. The second kappa shape index (κ2) is 6.36. The van der Waals surface area contributed by atoms with Crippen LogP contribution in [-0.4, -0.2) is 28.1 Å². The van der Waals surface area contributed by atoms with Crippen LogP contribution in [0.5, 0.6) is 0 Å². The van der Waals surface area contributed by atoms with Gasteiger partial charge in [0.2, 0.25) is 10.0 Å². The summed E-state index contributed by atoms with van der Waals surface area (Å²) in [6, 6.07) is 4.10. The predicted octanol–water partition coefficient (Wildman–Crippen LogP) is 1.59. The topological polar surface area (TPSA) is 58.2 Å². The number of sulfonamides is 1. The largest absolute Gasteiger partial charge is 0.417 e. The molecule has 0 radical (unpaired) electrons. The molecule has 1 aromatic carbocycles. The molecular formula is C11H15F3N2O2S. The molecule has 19 heavy (non-hydrogen) atoms. The summed E-state index contributed by atoms with van der Waals surface area (Å²) < 4.78 is 63.9. The molecule has 0 fully saturated rings. The lowest BCUT2D eigenvalue weighted by molar-refractivity contribution is -0.139. The number of alkyl halides is 3. The third-order valence-electron chi connectivity index (χ3n) is 2.33. The number of hydrogen-bond acceptors (Lipinski definition) is 3. The highest BCUT2D eigenvalue weighted by Crippen LogP contribution is 2.33. The fraction of sp³-hybridized carbons (Fsp3) is 0.455.